The Hall–Kier alpha value is -3.87. The van der Waals surface area contributed by atoms with E-state index in [2.05, 4.69) is 65.7 Å². The Bertz CT molecular complexity index is 1370. The number of carbonyl (C=O) groups is 1. The predicted molar refractivity (Wildman–Crippen MR) is 154 cm³/mol. The number of hydrogen-bond donors (Lipinski definition) is 3. The van der Waals surface area contributed by atoms with Crippen molar-refractivity contribution in [2.75, 3.05) is 17.2 Å². The van der Waals surface area contributed by atoms with Crippen LogP contribution in [0.2, 0.25) is 0 Å². The third-order valence-electron chi connectivity index (χ3n) is 7.48. The molecule has 0 aliphatic heterocycles. The van der Waals surface area contributed by atoms with Crippen molar-refractivity contribution in [3.63, 3.8) is 0 Å². The average Bonchev–Trinajstić information content (AvgIpc) is 3.31. The first-order valence-corrected chi connectivity index (χ1v) is 13.7. The third kappa shape index (κ3) is 5.52. The molecule has 2 aromatic heterocycles. The van der Waals surface area contributed by atoms with Gasteiger partial charge in [-0.25, -0.2) is 14.8 Å². The molecule has 0 radical (unpaired) electrons. The van der Waals surface area contributed by atoms with Crippen LogP contribution in [-0.2, 0) is 0 Å². The molecule has 2 unspecified atom stereocenters. The number of benzene rings is 2. The van der Waals surface area contributed by atoms with Crippen LogP contribution in [-0.4, -0.2) is 28.6 Å². The fraction of sp³-hybridized carbons (Fsp3) is 0.387. The van der Waals surface area contributed by atoms with E-state index < -0.39 is 0 Å². The van der Waals surface area contributed by atoms with Crippen molar-refractivity contribution in [2.45, 2.75) is 53.0 Å². The highest BCUT2D eigenvalue weighted by molar-refractivity contribution is 6.06. The van der Waals surface area contributed by atoms with Gasteiger partial charge < -0.3 is 20.4 Å². The highest BCUT2D eigenvalue weighted by Crippen LogP contribution is 2.42. The number of amides is 2. The van der Waals surface area contributed by atoms with E-state index in [-0.39, 0.29) is 12.1 Å². The zero-order valence-electron chi connectivity index (χ0n) is 22.6. The maximum atomic E-state index is 12.8. The summed E-state index contributed by atoms with van der Waals surface area (Å²) in [6.07, 6.45) is 5.08. The fourth-order valence-electron chi connectivity index (χ4n) is 5.44. The number of aromatic nitrogens is 2. The first-order chi connectivity index (χ1) is 18.4. The Kier molecular flexibility index (Phi) is 7.63. The monoisotopic (exact) mass is 511 g/mol. The number of rotatable bonds is 7. The Balaban J connectivity index is 1.44. The van der Waals surface area contributed by atoms with Gasteiger partial charge in [-0.2, -0.15) is 0 Å². The average molecular weight is 512 g/mol. The summed E-state index contributed by atoms with van der Waals surface area (Å²) in [6.45, 7) is 9.57. The Morgan fingerprint density at radius 1 is 0.974 bits per heavy atom. The van der Waals surface area contributed by atoms with Gasteiger partial charge in [-0.3, -0.25) is 0 Å². The topological polar surface area (TPSA) is 92.1 Å². The normalized spacial score (nSPS) is 19.4. The second-order valence-corrected chi connectivity index (χ2v) is 10.9. The number of nitrogens with zero attached hydrogens (tertiary/aromatic N) is 2. The molecule has 0 spiro atoms. The van der Waals surface area contributed by atoms with E-state index in [9.17, 15) is 4.79 Å². The maximum Gasteiger partial charge on any atom is 0.319 e. The summed E-state index contributed by atoms with van der Waals surface area (Å²) in [7, 11) is 0. The van der Waals surface area contributed by atoms with Crippen LogP contribution in [0.5, 0.6) is 0 Å². The lowest BCUT2D eigenvalue weighted by Gasteiger charge is -2.35. The molecular weight excluding hydrogens is 474 g/mol. The first kappa shape index (κ1) is 25.8. The number of fused-ring (bicyclic) bond motifs is 1. The van der Waals surface area contributed by atoms with Crippen LogP contribution in [0.3, 0.4) is 0 Å². The zero-order chi connectivity index (χ0) is 26.6. The first-order valence-electron chi connectivity index (χ1n) is 13.7. The molecule has 1 fully saturated rings. The zero-order valence-corrected chi connectivity index (χ0v) is 22.6. The molecule has 38 heavy (non-hydrogen) atoms. The van der Waals surface area contributed by atoms with E-state index in [0.29, 0.717) is 23.5 Å². The van der Waals surface area contributed by atoms with Crippen molar-refractivity contribution >= 4 is 28.6 Å². The van der Waals surface area contributed by atoms with Crippen molar-refractivity contribution in [1.29, 1.82) is 0 Å². The summed E-state index contributed by atoms with van der Waals surface area (Å²) in [5, 5.41) is 10.5. The van der Waals surface area contributed by atoms with Crippen molar-refractivity contribution in [1.82, 2.24) is 15.3 Å². The van der Waals surface area contributed by atoms with E-state index in [1.165, 1.54) is 12.7 Å². The van der Waals surface area contributed by atoms with Crippen LogP contribution in [0, 0.1) is 17.8 Å². The molecule has 7 nitrogen and oxygen atoms in total. The second kappa shape index (κ2) is 11.3. The minimum atomic E-state index is -0.159. The lowest BCUT2D eigenvalue weighted by molar-refractivity contribution is 0.202. The third-order valence-corrected chi connectivity index (χ3v) is 7.48. The summed E-state index contributed by atoms with van der Waals surface area (Å²) >= 11 is 0. The SMILES string of the molecule is CC(C)CNc1ncnc2oc(-c3ccc(NC(=O)NC4C(C)CCCC4C)cc3)c(-c3ccccc3)c12. The van der Waals surface area contributed by atoms with Gasteiger partial charge in [-0.15, -0.1) is 0 Å². The number of furan rings is 1. The molecule has 2 amide bonds. The lowest BCUT2D eigenvalue weighted by Crippen LogP contribution is -2.47. The number of nitrogens with one attached hydrogen (secondary N) is 3. The quantitative estimate of drug-likeness (QED) is 0.238. The van der Waals surface area contributed by atoms with Gasteiger partial charge in [0.25, 0.3) is 0 Å². The predicted octanol–water partition coefficient (Wildman–Crippen LogP) is 7.57. The van der Waals surface area contributed by atoms with Crippen LogP contribution >= 0.6 is 0 Å². The van der Waals surface area contributed by atoms with E-state index in [0.717, 1.165) is 58.7 Å². The largest absolute Gasteiger partial charge is 0.437 e. The standard InChI is InChI=1S/C31H37N5O2/c1-19(2)17-32-29-26-25(22-11-6-5-7-12-22)28(38-30(26)34-18-33-29)23-13-15-24(16-14-23)35-31(37)36-27-20(3)9-8-10-21(27)4/h5-7,11-16,18-21,27H,8-10,17H2,1-4H3,(H,32,33,34)(H2,35,36,37). The van der Waals surface area contributed by atoms with Crippen molar-refractivity contribution < 1.29 is 9.21 Å². The number of carbonyl (C=O) groups excluding carboxylic acids is 1. The van der Waals surface area contributed by atoms with E-state index >= 15 is 0 Å². The van der Waals surface area contributed by atoms with Crippen LogP contribution in [0.4, 0.5) is 16.3 Å². The number of urea groups is 1. The van der Waals surface area contributed by atoms with Crippen LogP contribution in [0.1, 0.15) is 47.0 Å². The molecule has 3 N–H and O–H groups in total. The summed E-state index contributed by atoms with van der Waals surface area (Å²) in [6, 6.07) is 18.0. The summed E-state index contributed by atoms with van der Waals surface area (Å²) < 4.78 is 6.34. The second-order valence-electron chi connectivity index (χ2n) is 10.9. The molecule has 2 atom stereocenters. The smallest absolute Gasteiger partial charge is 0.319 e. The number of anilines is 2. The van der Waals surface area contributed by atoms with Gasteiger partial charge in [0.05, 0.1) is 5.39 Å². The molecule has 7 heteroatoms. The molecular formula is C31H37N5O2. The highest BCUT2D eigenvalue weighted by Gasteiger charge is 2.29. The maximum absolute atomic E-state index is 12.8. The van der Waals surface area contributed by atoms with E-state index in [1.54, 1.807) is 0 Å². The summed E-state index contributed by atoms with van der Waals surface area (Å²) in [5.41, 5.74) is 4.15. The van der Waals surface area contributed by atoms with Crippen LogP contribution in [0.25, 0.3) is 33.6 Å². The molecule has 198 valence electrons. The molecule has 0 saturated heterocycles. The molecule has 5 rings (SSSR count). The Morgan fingerprint density at radius 3 is 2.37 bits per heavy atom. The van der Waals surface area contributed by atoms with Crippen molar-refractivity contribution in [2.24, 2.45) is 17.8 Å². The lowest BCUT2D eigenvalue weighted by atomic mass is 9.79. The van der Waals surface area contributed by atoms with Gasteiger partial charge in [0.2, 0.25) is 5.71 Å². The fourth-order valence-corrected chi connectivity index (χ4v) is 5.44. The van der Waals surface area contributed by atoms with E-state index in [4.69, 9.17) is 4.42 Å². The molecule has 2 aromatic carbocycles. The Morgan fingerprint density at radius 2 is 1.68 bits per heavy atom. The molecule has 4 aromatic rings. The Labute approximate surface area is 224 Å². The summed E-state index contributed by atoms with van der Waals surface area (Å²) in [5.74, 6) is 2.92. The summed E-state index contributed by atoms with van der Waals surface area (Å²) in [4.78, 5) is 21.8. The number of hydrogen-bond acceptors (Lipinski definition) is 5. The van der Waals surface area contributed by atoms with Gasteiger partial charge in [-0.1, -0.05) is 64.4 Å². The molecule has 1 aliphatic carbocycles. The van der Waals surface area contributed by atoms with Crippen molar-refractivity contribution in [3.8, 4) is 22.5 Å². The minimum Gasteiger partial charge on any atom is -0.437 e. The van der Waals surface area contributed by atoms with E-state index in [1.807, 2.05) is 42.5 Å². The van der Waals surface area contributed by atoms with Crippen LogP contribution < -0.4 is 16.0 Å². The molecule has 2 heterocycles. The van der Waals surface area contributed by atoms with Gasteiger partial charge in [0.1, 0.15) is 17.9 Å². The van der Waals surface area contributed by atoms with Crippen molar-refractivity contribution in [3.05, 3.63) is 60.9 Å². The van der Waals surface area contributed by atoms with Gasteiger partial charge in [0.15, 0.2) is 0 Å². The van der Waals surface area contributed by atoms with Crippen LogP contribution in [0.15, 0.2) is 65.3 Å². The molecule has 1 aliphatic rings. The van der Waals surface area contributed by atoms with Gasteiger partial charge in [0, 0.05) is 29.4 Å². The highest BCUT2D eigenvalue weighted by atomic mass is 16.3. The van der Waals surface area contributed by atoms with Gasteiger partial charge in [-0.05, 0) is 60.4 Å². The minimum absolute atomic E-state index is 0.159. The molecule has 1 saturated carbocycles. The van der Waals surface area contributed by atoms with Gasteiger partial charge >= 0.3 is 6.03 Å². The molecule has 0 bridgehead atoms.